The largest absolute Gasteiger partial charge is 0.342 e. The fraction of sp³-hybridized carbons (Fsp3) is 0.611. The Bertz CT molecular complexity index is 769. The van der Waals surface area contributed by atoms with Crippen LogP contribution in [-0.4, -0.2) is 49.7 Å². The summed E-state index contributed by atoms with van der Waals surface area (Å²) in [5.74, 6) is -1.36. The minimum Gasteiger partial charge on any atom is -0.342 e. The number of piperidine rings is 2. The fourth-order valence-corrected chi connectivity index (χ4v) is 5.17. The van der Waals surface area contributed by atoms with E-state index >= 15 is 0 Å². The van der Waals surface area contributed by atoms with E-state index in [2.05, 4.69) is 6.92 Å². The van der Waals surface area contributed by atoms with E-state index in [0.717, 1.165) is 38.1 Å². The van der Waals surface area contributed by atoms with Gasteiger partial charge < -0.3 is 4.90 Å². The Labute approximate surface area is 153 Å². The van der Waals surface area contributed by atoms with Gasteiger partial charge in [-0.25, -0.2) is 17.2 Å². The second-order valence-electron chi connectivity index (χ2n) is 7.26. The van der Waals surface area contributed by atoms with Gasteiger partial charge in [-0.1, -0.05) is 6.92 Å². The van der Waals surface area contributed by atoms with E-state index in [1.54, 1.807) is 0 Å². The summed E-state index contributed by atoms with van der Waals surface area (Å²) in [5, 5.41) is 0. The van der Waals surface area contributed by atoms with Crippen molar-refractivity contribution in [2.75, 3.05) is 26.2 Å². The van der Waals surface area contributed by atoms with Gasteiger partial charge in [0.15, 0.2) is 0 Å². The number of carbonyl (C=O) groups is 1. The van der Waals surface area contributed by atoms with Crippen LogP contribution in [0.3, 0.4) is 0 Å². The van der Waals surface area contributed by atoms with Crippen molar-refractivity contribution in [3.63, 3.8) is 0 Å². The molecule has 1 amide bonds. The monoisotopic (exact) mass is 386 g/mol. The van der Waals surface area contributed by atoms with Crippen LogP contribution >= 0.6 is 0 Å². The number of amides is 1. The fourth-order valence-electron chi connectivity index (χ4n) is 3.65. The van der Waals surface area contributed by atoms with Crippen LogP contribution in [0.15, 0.2) is 23.1 Å². The summed E-state index contributed by atoms with van der Waals surface area (Å²) in [5.41, 5.74) is 0. The van der Waals surface area contributed by atoms with Gasteiger partial charge in [0, 0.05) is 38.2 Å². The first-order valence-corrected chi connectivity index (χ1v) is 10.5. The highest BCUT2D eigenvalue weighted by atomic mass is 32.2. The number of halogens is 2. The number of hydrogen-bond donors (Lipinski definition) is 0. The molecule has 0 radical (unpaired) electrons. The zero-order valence-corrected chi connectivity index (χ0v) is 15.6. The van der Waals surface area contributed by atoms with E-state index in [4.69, 9.17) is 0 Å². The molecule has 0 aliphatic carbocycles. The molecule has 2 saturated heterocycles. The molecule has 0 bridgehead atoms. The normalized spacial score (nSPS) is 21.1. The van der Waals surface area contributed by atoms with Gasteiger partial charge in [-0.05, 0) is 43.7 Å². The Morgan fingerprint density at radius 2 is 1.65 bits per heavy atom. The van der Waals surface area contributed by atoms with E-state index in [1.807, 2.05) is 4.90 Å². The number of rotatable bonds is 3. The SMILES string of the molecule is CC1CCN(C(=O)C2CCN(S(=O)(=O)c3ccc(F)cc3F)CC2)CC1. The second kappa shape index (κ2) is 7.60. The van der Waals surface area contributed by atoms with Gasteiger partial charge >= 0.3 is 0 Å². The molecule has 2 aliphatic heterocycles. The Morgan fingerprint density at radius 1 is 1.04 bits per heavy atom. The third kappa shape index (κ3) is 3.91. The van der Waals surface area contributed by atoms with Gasteiger partial charge in [-0.2, -0.15) is 4.31 Å². The zero-order chi connectivity index (χ0) is 18.9. The third-order valence-corrected chi connectivity index (χ3v) is 7.34. The topological polar surface area (TPSA) is 57.7 Å². The molecule has 5 nitrogen and oxygen atoms in total. The first-order chi connectivity index (χ1) is 12.3. The van der Waals surface area contributed by atoms with E-state index < -0.39 is 26.6 Å². The minimum absolute atomic E-state index is 0.0990. The van der Waals surface area contributed by atoms with Crippen molar-refractivity contribution < 1.29 is 22.0 Å². The molecule has 2 fully saturated rings. The maximum absolute atomic E-state index is 13.9. The molecule has 2 aliphatic rings. The molecular weight excluding hydrogens is 362 g/mol. The lowest BCUT2D eigenvalue weighted by atomic mass is 9.93. The molecule has 144 valence electrons. The molecule has 0 N–H and O–H groups in total. The second-order valence-corrected chi connectivity index (χ2v) is 9.17. The first-order valence-electron chi connectivity index (χ1n) is 9.03. The van der Waals surface area contributed by atoms with Gasteiger partial charge in [-0.3, -0.25) is 4.79 Å². The predicted molar refractivity (Wildman–Crippen MR) is 92.8 cm³/mol. The van der Waals surface area contributed by atoms with Crippen LogP contribution in [-0.2, 0) is 14.8 Å². The molecule has 1 aromatic carbocycles. The summed E-state index contributed by atoms with van der Waals surface area (Å²) in [6.07, 6.45) is 2.85. The highest BCUT2D eigenvalue weighted by Crippen LogP contribution is 2.28. The van der Waals surface area contributed by atoms with Crippen LogP contribution in [0.25, 0.3) is 0 Å². The van der Waals surface area contributed by atoms with Gasteiger partial charge in [0.1, 0.15) is 16.5 Å². The number of hydrogen-bond acceptors (Lipinski definition) is 3. The number of sulfonamides is 1. The van der Waals surface area contributed by atoms with Crippen LogP contribution in [0.1, 0.15) is 32.6 Å². The summed E-state index contributed by atoms with van der Waals surface area (Å²) in [6.45, 7) is 4.04. The van der Waals surface area contributed by atoms with E-state index in [0.29, 0.717) is 24.8 Å². The predicted octanol–water partition coefficient (Wildman–Crippen LogP) is 2.62. The summed E-state index contributed by atoms with van der Waals surface area (Å²) < 4.78 is 53.3. The quantitative estimate of drug-likeness (QED) is 0.802. The smallest absolute Gasteiger partial charge is 0.245 e. The van der Waals surface area contributed by atoms with Gasteiger partial charge in [-0.15, -0.1) is 0 Å². The highest BCUT2D eigenvalue weighted by molar-refractivity contribution is 7.89. The molecule has 0 unspecified atom stereocenters. The van der Waals surface area contributed by atoms with Crippen molar-refractivity contribution in [1.29, 1.82) is 0 Å². The number of benzene rings is 1. The first kappa shape index (κ1) is 19.2. The van der Waals surface area contributed by atoms with Crippen molar-refractivity contribution in [3.05, 3.63) is 29.8 Å². The minimum atomic E-state index is -4.02. The molecule has 0 spiro atoms. The third-order valence-electron chi connectivity index (χ3n) is 5.41. The number of carbonyl (C=O) groups excluding carboxylic acids is 1. The highest BCUT2D eigenvalue weighted by Gasteiger charge is 2.35. The maximum atomic E-state index is 13.9. The summed E-state index contributed by atoms with van der Waals surface area (Å²) in [4.78, 5) is 14.0. The Kier molecular flexibility index (Phi) is 5.62. The molecule has 0 atom stereocenters. The van der Waals surface area contributed by atoms with E-state index in [1.165, 1.54) is 4.31 Å². The standard InChI is InChI=1S/C18H24F2N2O3S/c1-13-4-8-21(9-5-13)18(23)14-6-10-22(11-7-14)26(24,25)17-3-2-15(19)12-16(17)20/h2-3,12-14H,4-11H2,1H3. The lowest BCUT2D eigenvalue weighted by Crippen LogP contribution is -2.46. The number of nitrogens with zero attached hydrogens (tertiary/aromatic N) is 2. The van der Waals surface area contributed by atoms with Crippen LogP contribution in [0.4, 0.5) is 8.78 Å². The molecule has 3 rings (SSSR count). The molecule has 0 saturated carbocycles. The average Bonchev–Trinajstić information content (AvgIpc) is 2.61. The Hall–Kier alpha value is -1.54. The molecular formula is C18H24F2N2O3S. The van der Waals surface area contributed by atoms with Gasteiger partial charge in [0.2, 0.25) is 15.9 Å². The van der Waals surface area contributed by atoms with Crippen molar-refractivity contribution in [2.24, 2.45) is 11.8 Å². The van der Waals surface area contributed by atoms with Crippen molar-refractivity contribution in [3.8, 4) is 0 Å². The van der Waals surface area contributed by atoms with Gasteiger partial charge in [0.25, 0.3) is 0 Å². The molecule has 0 aromatic heterocycles. The lowest BCUT2D eigenvalue weighted by Gasteiger charge is -2.36. The molecule has 26 heavy (non-hydrogen) atoms. The average molecular weight is 386 g/mol. The van der Waals surface area contributed by atoms with Crippen molar-refractivity contribution in [2.45, 2.75) is 37.5 Å². The van der Waals surface area contributed by atoms with Crippen molar-refractivity contribution >= 4 is 15.9 Å². The zero-order valence-electron chi connectivity index (χ0n) is 14.8. The number of likely N-dealkylation sites (tertiary alicyclic amines) is 1. The Balaban J connectivity index is 1.63. The van der Waals surface area contributed by atoms with Crippen LogP contribution < -0.4 is 0 Å². The van der Waals surface area contributed by atoms with E-state index in [9.17, 15) is 22.0 Å². The molecule has 8 heteroatoms. The van der Waals surface area contributed by atoms with Crippen LogP contribution in [0, 0.1) is 23.5 Å². The molecule has 2 heterocycles. The summed E-state index contributed by atoms with van der Waals surface area (Å²) in [6, 6.07) is 2.45. The summed E-state index contributed by atoms with van der Waals surface area (Å²) in [7, 11) is -4.02. The Morgan fingerprint density at radius 3 is 2.23 bits per heavy atom. The van der Waals surface area contributed by atoms with E-state index in [-0.39, 0.29) is 24.9 Å². The molecule has 1 aromatic rings. The van der Waals surface area contributed by atoms with Gasteiger partial charge in [0.05, 0.1) is 0 Å². The van der Waals surface area contributed by atoms with Crippen LogP contribution in [0.2, 0.25) is 0 Å². The summed E-state index contributed by atoms with van der Waals surface area (Å²) >= 11 is 0. The maximum Gasteiger partial charge on any atom is 0.245 e. The van der Waals surface area contributed by atoms with Crippen molar-refractivity contribution in [1.82, 2.24) is 9.21 Å². The lowest BCUT2D eigenvalue weighted by molar-refractivity contribution is -0.138. The van der Waals surface area contributed by atoms with Crippen LogP contribution in [0.5, 0.6) is 0 Å².